The average Bonchev–Trinajstić information content (AvgIpc) is 2.53. The predicted molar refractivity (Wildman–Crippen MR) is 79.1 cm³/mol. The smallest absolute Gasteiger partial charge is 0.305 e. The van der Waals surface area contributed by atoms with Crippen molar-refractivity contribution in [3.8, 4) is 0 Å². The molecule has 1 saturated heterocycles. The number of hydrogen-bond donors (Lipinski definition) is 1. The van der Waals surface area contributed by atoms with Gasteiger partial charge < -0.3 is 14.6 Å². The molecule has 4 heteroatoms. The van der Waals surface area contributed by atoms with Crippen LogP contribution in [0.2, 0.25) is 0 Å². The van der Waals surface area contributed by atoms with E-state index in [1.54, 1.807) is 6.92 Å². The minimum Gasteiger partial charge on any atom is -0.466 e. The summed E-state index contributed by atoms with van der Waals surface area (Å²) in [5.41, 5.74) is 0. The summed E-state index contributed by atoms with van der Waals surface area (Å²) in [7, 11) is 0. The van der Waals surface area contributed by atoms with Gasteiger partial charge in [0.1, 0.15) is 5.78 Å². The van der Waals surface area contributed by atoms with Crippen LogP contribution in [0.4, 0.5) is 0 Å². The van der Waals surface area contributed by atoms with E-state index in [0.717, 1.165) is 38.5 Å². The van der Waals surface area contributed by atoms with Crippen LogP contribution >= 0.6 is 0 Å². The van der Waals surface area contributed by atoms with E-state index in [1.165, 1.54) is 0 Å². The van der Waals surface area contributed by atoms with Crippen molar-refractivity contribution in [3.63, 3.8) is 0 Å². The van der Waals surface area contributed by atoms with Crippen molar-refractivity contribution in [2.75, 3.05) is 13.2 Å². The molecule has 1 aliphatic heterocycles. The number of aliphatic hydroxyl groups is 1. The first-order chi connectivity index (χ1) is 8.16. The molecule has 0 unspecified atom stereocenters. The summed E-state index contributed by atoms with van der Waals surface area (Å²) in [4.78, 5) is 20.8. The zero-order chi connectivity index (χ0) is 12.9. The van der Waals surface area contributed by atoms with Gasteiger partial charge in [-0.25, -0.2) is 0 Å². The van der Waals surface area contributed by atoms with E-state index in [4.69, 9.17) is 9.84 Å². The Labute approximate surface area is 118 Å². The molecular weight excluding hydrogens is 244 g/mol. The Morgan fingerprint density at radius 1 is 1.16 bits per heavy atom. The Hall–Kier alpha value is -0.900. The third-order valence-electron chi connectivity index (χ3n) is 2.48. The molecule has 1 rings (SSSR count). The minimum atomic E-state index is -0.0255. The molecule has 1 fully saturated rings. The minimum absolute atomic E-state index is 0. The maximum Gasteiger partial charge on any atom is 0.305 e. The molecular formula is C15H32O4. The lowest BCUT2D eigenvalue weighted by Gasteiger charge is -1.93. The zero-order valence-electron chi connectivity index (χ0n) is 10.7. The van der Waals surface area contributed by atoms with Crippen molar-refractivity contribution in [2.45, 2.75) is 73.1 Å². The standard InChI is InChI=1S/C7H14O2.C6H10O2.2CH4/c1-7(9)5-3-2-4-6-8;7-6-4-2-1-3-5-8-6;;/h8H,2-6H2,1H3;1-5H2;2*1H4. The van der Waals surface area contributed by atoms with Crippen LogP contribution in [0.15, 0.2) is 0 Å². The molecule has 0 aromatic rings. The van der Waals surface area contributed by atoms with E-state index in [2.05, 4.69) is 0 Å². The molecule has 4 nitrogen and oxygen atoms in total. The van der Waals surface area contributed by atoms with Crippen LogP contribution in [0.5, 0.6) is 0 Å². The highest BCUT2D eigenvalue weighted by molar-refractivity contribution is 5.75. The lowest BCUT2D eigenvalue weighted by atomic mass is 10.1. The van der Waals surface area contributed by atoms with Gasteiger partial charge in [0.2, 0.25) is 0 Å². The maximum absolute atomic E-state index is 10.5. The Kier molecular flexibility index (Phi) is 20.9. The van der Waals surface area contributed by atoms with E-state index < -0.39 is 0 Å². The molecule has 0 aromatic carbocycles. The van der Waals surface area contributed by atoms with Gasteiger partial charge in [-0.3, -0.25) is 4.79 Å². The molecule has 0 amide bonds. The van der Waals surface area contributed by atoms with Crippen LogP contribution in [0, 0.1) is 0 Å². The fourth-order valence-corrected chi connectivity index (χ4v) is 1.47. The number of aliphatic hydroxyl groups excluding tert-OH is 1. The van der Waals surface area contributed by atoms with Crippen molar-refractivity contribution in [2.24, 2.45) is 0 Å². The molecule has 0 radical (unpaired) electrons. The van der Waals surface area contributed by atoms with Crippen LogP contribution < -0.4 is 0 Å². The van der Waals surface area contributed by atoms with Gasteiger partial charge in [0.25, 0.3) is 0 Å². The number of Topliss-reactive ketones (excluding diaryl/α,β-unsaturated/α-hetero) is 1. The largest absolute Gasteiger partial charge is 0.466 e. The van der Waals surface area contributed by atoms with Gasteiger partial charge in [0.05, 0.1) is 6.61 Å². The number of cyclic esters (lactones) is 1. The molecule has 0 aromatic heterocycles. The van der Waals surface area contributed by atoms with Crippen molar-refractivity contribution in [1.29, 1.82) is 0 Å². The number of ketones is 1. The summed E-state index contributed by atoms with van der Waals surface area (Å²) >= 11 is 0. The van der Waals surface area contributed by atoms with Crippen molar-refractivity contribution in [3.05, 3.63) is 0 Å². The number of esters is 1. The topological polar surface area (TPSA) is 63.6 Å². The number of carbonyl (C=O) groups is 2. The van der Waals surface area contributed by atoms with Gasteiger partial charge in [-0.15, -0.1) is 0 Å². The molecule has 1 N–H and O–H groups in total. The summed E-state index contributed by atoms with van der Waals surface area (Å²) < 4.78 is 4.76. The number of rotatable bonds is 5. The van der Waals surface area contributed by atoms with Crippen LogP contribution in [0.3, 0.4) is 0 Å². The second-order valence-corrected chi connectivity index (χ2v) is 4.27. The van der Waals surface area contributed by atoms with Gasteiger partial charge in [0.15, 0.2) is 0 Å². The molecule has 0 saturated carbocycles. The first-order valence-electron chi connectivity index (χ1n) is 6.42. The van der Waals surface area contributed by atoms with E-state index >= 15 is 0 Å². The van der Waals surface area contributed by atoms with Gasteiger partial charge in [-0.05, 0) is 39.0 Å². The van der Waals surface area contributed by atoms with E-state index in [1.807, 2.05) is 0 Å². The van der Waals surface area contributed by atoms with Crippen LogP contribution in [0.1, 0.15) is 73.1 Å². The van der Waals surface area contributed by atoms with Gasteiger partial charge in [0, 0.05) is 19.4 Å². The molecule has 0 spiro atoms. The maximum atomic E-state index is 10.5. The molecule has 116 valence electrons. The molecule has 19 heavy (non-hydrogen) atoms. The molecule has 0 bridgehead atoms. The summed E-state index contributed by atoms with van der Waals surface area (Å²) in [6, 6.07) is 0. The van der Waals surface area contributed by atoms with Gasteiger partial charge in [-0.2, -0.15) is 0 Å². The van der Waals surface area contributed by atoms with E-state index in [-0.39, 0.29) is 33.2 Å². The van der Waals surface area contributed by atoms with Crippen molar-refractivity contribution in [1.82, 2.24) is 0 Å². The van der Waals surface area contributed by atoms with Crippen LogP contribution in [-0.4, -0.2) is 30.1 Å². The van der Waals surface area contributed by atoms with E-state index in [9.17, 15) is 9.59 Å². The van der Waals surface area contributed by atoms with Crippen molar-refractivity contribution >= 4 is 11.8 Å². The van der Waals surface area contributed by atoms with Crippen molar-refractivity contribution < 1.29 is 19.4 Å². The second kappa shape index (κ2) is 17.1. The molecule has 0 atom stereocenters. The normalized spacial score (nSPS) is 13.7. The number of carbonyl (C=O) groups excluding carboxylic acids is 2. The Morgan fingerprint density at radius 2 is 1.84 bits per heavy atom. The Balaban J connectivity index is -0.000000244. The van der Waals surface area contributed by atoms with E-state index in [0.29, 0.717) is 19.4 Å². The quantitative estimate of drug-likeness (QED) is 0.616. The van der Waals surface area contributed by atoms with Gasteiger partial charge in [-0.1, -0.05) is 21.3 Å². The van der Waals surface area contributed by atoms with Crippen LogP contribution in [-0.2, 0) is 14.3 Å². The fourth-order valence-electron chi connectivity index (χ4n) is 1.47. The highest BCUT2D eigenvalue weighted by atomic mass is 16.5. The van der Waals surface area contributed by atoms with Gasteiger partial charge >= 0.3 is 5.97 Å². The highest BCUT2D eigenvalue weighted by Gasteiger charge is 2.05. The first kappa shape index (κ1) is 23.2. The summed E-state index contributed by atoms with van der Waals surface area (Å²) in [5.74, 6) is 0.218. The Morgan fingerprint density at radius 3 is 2.42 bits per heavy atom. The molecule has 1 aliphatic rings. The summed E-state index contributed by atoms with van der Waals surface area (Å²) in [6.07, 6.45) is 7.22. The SMILES string of the molecule is C.C.CC(=O)CCCCCO.O=C1CCCCCO1. The summed E-state index contributed by atoms with van der Waals surface area (Å²) in [6.45, 7) is 2.48. The third-order valence-corrected chi connectivity index (χ3v) is 2.48. The second-order valence-electron chi connectivity index (χ2n) is 4.27. The number of unbranched alkanes of at least 4 members (excludes halogenated alkanes) is 2. The average molecular weight is 276 g/mol. The lowest BCUT2D eigenvalue weighted by molar-refractivity contribution is -0.142. The number of ether oxygens (including phenoxy) is 1. The first-order valence-corrected chi connectivity index (χ1v) is 6.42. The molecule has 1 heterocycles. The monoisotopic (exact) mass is 276 g/mol. The summed E-state index contributed by atoms with van der Waals surface area (Å²) in [5, 5.41) is 8.35. The zero-order valence-corrected chi connectivity index (χ0v) is 10.7. The number of hydrogen-bond acceptors (Lipinski definition) is 4. The Bertz CT molecular complexity index is 204. The highest BCUT2D eigenvalue weighted by Crippen LogP contribution is 2.06. The lowest BCUT2D eigenvalue weighted by Crippen LogP contribution is -2.00. The molecule has 0 aliphatic carbocycles. The fraction of sp³-hybridized carbons (Fsp3) is 0.867. The third kappa shape index (κ3) is 19.6. The predicted octanol–water partition coefficient (Wildman–Crippen LogP) is 3.50. The van der Waals surface area contributed by atoms with Crippen LogP contribution in [0.25, 0.3) is 0 Å².